The molecule has 256 valence electrons. The van der Waals surface area contributed by atoms with Crippen molar-refractivity contribution in [3.63, 3.8) is 0 Å². The van der Waals surface area contributed by atoms with Gasteiger partial charge in [0.2, 0.25) is 11.9 Å². The number of halogens is 4. The van der Waals surface area contributed by atoms with E-state index >= 15 is 0 Å². The Hall–Kier alpha value is -5.48. The third kappa shape index (κ3) is 8.86. The number of pyridine rings is 1. The summed E-state index contributed by atoms with van der Waals surface area (Å²) in [6, 6.07) is 5.62. The monoisotopic (exact) mass is 676 g/mol. The van der Waals surface area contributed by atoms with Crippen molar-refractivity contribution in [2.75, 3.05) is 29.5 Å². The number of nitrogens with two attached hydrogens (primary N) is 2. The molecule has 7 N–H and O–H groups in total. The largest absolute Gasteiger partial charge is 0.573 e. The predicted molar refractivity (Wildman–Crippen MR) is 163 cm³/mol. The predicted octanol–water partition coefficient (Wildman–Crippen LogP) is 2.63. The molecule has 1 aromatic carbocycles. The highest BCUT2D eigenvalue weighted by Crippen LogP contribution is 2.30. The number of anilines is 3. The minimum Gasteiger partial charge on any atom is -0.406 e. The molecule has 1 saturated heterocycles. The van der Waals surface area contributed by atoms with Gasteiger partial charge in [-0.3, -0.25) is 14.4 Å². The highest BCUT2D eigenvalue weighted by atomic mass is 19.4. The summed E-state index contributed by atoms with van der Waals surface area (Å²) in [5, 5.41) is 19.0. The van der Waals surface area contributed by atoms with Gasteiger partial charge in [-0.15, -0.1) is 13.2 Å². The van der Waals surface area contributed by atoms with Crippen LogP contribution in [0.1, 0.15) is 53.1 Å². The summed E-state index contributed by atoms with van der Waals surface area (Å²) in [6.45, 7) is 4.02. The summed E-state index contributed by atoms with van der Waals surface area (Å²) >= 11 is 0. The number of allylic oxidation sites excluding steroid dienone is 1. The fraction of sp³-hybridized carbons (Fsp3) is 0.367. The van der Waals surface area contributed by atoms with Crippen molar-refractivity contribution in [3.8, 4) is 5.75 Å². The lowest BCUT2D eigenvalue weighted by Crippen LogP contribution is -2.42. The van der Waals surface area contributed by atoms with Gasteiger partial charge < -0.3 is 36.8 Å². The summed E-state index contributed by atoms with van der Waals surface area (Å²) in [5.41, 5.74) is 9.51. The molecule has 1 aliphatic rings. The Labute approximate surface area is 270 Å². The molecular weight excluding hydrogens is 644 g/mol. The van der Waals surface area contributed by atoms with E-state index in [0.29, 0.717) is 31.5 Å². The molecule has 0 atom stereocenters. The molecule has 2 aromatic heterocycles. The van der Waals surface area contributed by atoms with E-state index in [1.807, 2.05) is 5.94 Å². The van der Waals surface area contributed by atoms with Crippen molar-refractivity contribution >= 4 is 40.9 Å². The van der Waals surface area contributed by atoms with Crippen LogP contribution in [-0.2, 0) is 22.6 Å². The number of hydrogen-bond acceptors (Lipinski definition) is 10. The van der Waals surface area contributed by atoms with Crippen molar-refractivity contribution in [2.45, 2.75) is 51.6 Å². The normalized spacial score (nSPS) is 13.9. The van der Waals surface area contributed by atoms with Gasteiger partial charge in [0.1, 0.15) is 28.8 Å². The van der Waals surface area contributed by atoms with Gasteiger partial charge in [-0.1, -0.05) is 12.1 Å². The van der Waals surface area contributed by atoms with E-state index in [1.165, 1.54) is 12.1 Å². The van der Waals surface area contributed by atoms with Crippen LogP contribution in [0, 0.1) is 11.9 Å². The molecule has 3 aromatic rings. The summed E-state index contributed by atoms with van der Waals surface area (Å²) in [7, 11) is 0. The number of rotatable bonds is 11. The molecule has 0 aliphatic carbocycles. The zero-order valence-electron chi connectivity index (χ0n) is 25.7. The molecule has 14 nitrogen and oxygen atoms in total. The van der Waals surface area contributed by atoms with Crippen LogP contribution in [0.5, 0.6) is 5.75 Å². The second-order valence-corrected chi connectivity index (χ2v) is 11.5. The van der Waals surface area contributed by atoms with Crippen LogP contribution in [0.15, 0.2) is 42.2 Å². The van der Waals surface area contributed by atoms with Crippen molar-refractivity contribution in [1.82, 2.24) is 19.7 Å². The van der Waals surface area contributed by atoms with E-state index in [1.54, 1.807) is 18.7 Å². The van der Waals surface area contributed by atoms with Gasteiger partial charge in [-0.05, 0) is 56.4 Å². The Kier molecular flexibility index (Phi) is 10.4. The second-order valence-electron chi connectivity index (χ2n) is 11.5. The molecule has 1 aliphatic heterocycles. The molecule has 4 rings (SSSR count). The fourth-order valence-corrected chi connectivity index (χ4v) is 5.18. The maximum atomic E-state index is 14.6. The Morgan fingerprint density at radius 2 is 1.77 bits per heavy atom. The minimum atomic E-state index is -4.87. The number of piperidine rings is 1. The van der Waals surface area contributed by atoms with Gasteiger partial charge in [-0.25, -0.2) is 14.5 Å². The van der Waals surface area contributed by atoms with Crippen molar-refractivity contribution in [2.24, 2.45) is 11.7 Å². The van der Waals surface area contributed by atoms with Crippen LogP contribution in [0.3, 0.4) is 0 Å². The third-order valence-corrected chi connectivity index (χ3v) is 7.64. The van der Waals surface area contributed by atoms with Crippen molar-refractivity contribution < 1.29 is 46.6 Å². The third-order valence-electron chi connectivity index (χ3n) is 7.64. The number of benzene rings is 1. The molecule has 3 heterocycles. The Bertz CT molecular complexity index is 1740. The average Bonchev–Trinajstić information content (AvgIpc) is 3.33. The number of nitrogens with zero attached hydrogens (tertiary/aromatic N) is 4. The van der Waals surface area contributed by atoms with Crippen LogP contribution in [-0.4, -0.2) is 73.5 Å². The van der Waals surface area contributed by atoms with Crippen LogP contribution in [0.2, 0.25) is 0 Å². The van der Waals surface area contributed by atoms with E-state index < -0.39 is 58.3 Å². The lowest BCUT2D eigenvalue weighted by molar-refractivity contribution is -0.274. The number of amides is 3. The number of alkyl halides is 3. The lowest BCUT2D eigenvalue weighted by Gasteiger charge is -2.38. The van der Waals surface area contributed by atoms with E-state index in [-0.39, 0.29) is 36.1 Å². The van der Waals surface area contributed by atoms with E-state index in [2.05, 4.69) is 25.5 Å². The summed E-state index contributed by atoms with van der Waals surface area (Å²) in [5.74, 6) is -2.97. The quantitative estimate of drug-likeness (QED) is 0.114. The highest BCUT2D eigenvalue weighted by molar-refractivity contribution is 6.13. The number of nitrogen functional groups attached to an aromatic ring is 1. The smallest absolute Gasteiger partial charge is 0.406 e. The summed E-state index contributed by atoms with van der Waals surface area (Å²) in [6.07, 6.45) is -3.00. The first kappa shape index (κ1) is 35.4. The first-order valence-corrected chi connectivity index (χ1v) is 14.4. The Morgan fingerprint density at radius 1 is 1.12 bits per heavy atom. The molecular formula is C30H32F4N8O6. The standard InChI is InChI=1S/C30H32F4N8O6/c1-29(2,47)17-7-9-41(10-8-17)19(15-43)14-42-26(35)23(27(36)45)24(40-42)28(46)39-21-12-18(13-37-25(21)31)38-22(44)11-16-3-5-20(6-4-16)48-30(32,33)34/h3-6,12-13,17,47H,7-11,14,35H2,1-2H3,(H2,36,45)(H,38,44)(H,39,46). The van der Waals surface area contributed by atoms with Gasteiger partial charge in [0.15, 0.2) is 5.69 Å². The summed E-state index contributed by atoms with van der Waals surface area (Å²) in [4.78, 5) is 55.1. The number of aromatic nitrogens is 3. The number of carbonyl (C=O) groups excluding carboxylic acids is 4. The lowest BCUT2D eigenvalue weighted by atomic mass is 9.83. The first-order chi connectivity index (χ1) is 22.4. The molecule has 0 saturated carbocycles. The summed E-state index contributed by atoms with van der Waals surface area (Å²) < 4.78 is 56.5. The number of primary amides is 1. The zero-order valence-corrected chi connectivity index (χ0v) is 25.7. The maximum absolute atomic E-state index is 14.6. The topological polar surface area (TPSA) is 208 Å². The molecule has 3 amide bonds. The first-order valence-electron chi connectivity index (χ1n) is 14.4. The molecule has 0 bridgehead atoms. The van der Waals surface area contributed by atoms with Crippen LogP contribution in [0.25, 0.3) is 0 Å². The van der Waals surface area contributed by atoms with E-state index in [0.717, 1.165) is 29.1 Å². The minimum absolute atomic E-state index is 0.0115. The molecule has 18 heteroatoms. The fourth-order valence-electron chi connectivity index (χ4n) is 5.18. The Balaban J connectivity index is 1.46. The maximum Gasteiger partial charge on any atom is 0.573 e. The van der Waals surface area contributed by atoms with Crippen LogP contribution < -0.4 is 26.8 Å². The van der Waals surface area contributed by atoms with Gasteiger partial charge in [0.05, 0.1) is 36.1 Å². The van der Waals surface area contributed by atoms with E-state index in [9.17, 15) is 41.8 Å². The molecule has 0 radical (unpaired) electrons. The number of ether oxygens (including phenoxy) is 1. The number of aliphatic hydroxyl groups is 1. The number of nitrogens with one attached hydrogen (secondary N) is 2. The number of likely N-dealkylation sites (tertiary alicyclic amines) is 1. The Morgan fingerprint density at radius 3 is 2.33 bits per heavy atom. The number of carbonyl (C=O) groups is 3. The van der Waals surface area contributed by atoms with Crippen LogP contribution >= 0.6 is 0 Å². The van der Waals surface area contributed by atoms with Gasteiger partial charge in [0, 0.05) is 13.1 Å². The molecule has 1 fully saturated rings. The number of hydrogen-bond donors (Lipinski definition) is 5. The molecule has 0 spiro atoms. The van der Waals surface area contributed by atoms with Crippen molar-refractivity contribution in [3.05, 3.63) is 65.0 Å². The van der Waals surface area contributed by atoms with E-state index in [4.69, 9.17) is 11.5 Å². The van der Waals surface area contributed by atoms with Crippen LogP contribution in [0.4, 0.5) is 34.8 Å². The van der Waals surface area contributed by atoms with Gasteiger partial charge in [-0.2, -0.15) is 9.49 Å². The molecule has 0 unspecified atom stereocenters. The second kappa shape index (κ2) is 14.1. The SMILES string of the molecule is CC(C)(O)C1CCN(C(=C=O)Cn2nc(C(=O)Nc3cc(NC(=O)Cc4ccc(OC(F)(F)F)cc4)cnc3F)c(C(N)=O)c2N)CC1. The van der Waals surface area contributed by atoms with Crippen molar-refractivity contribution in [1.29, 1.82) is 0 Å². The van der Waals surface area contributed by atoms with Gasteiger partial charge in [0.25, 0.3) is 11.8 Å². The molecule has 48 heavy (non-hydrogen) atoms. The zero-order chi connectivity index (χ0) is 35.4. The highest BCUT2D eigenvalue weighted by Gasteiger charge is 2.33. The average molecular weight is 677 g/mol. The van der Waals surface area contributed by atoms with Gasteiger partial charge >= 0.3 is 6.36 Å².